The summed E-state index contributed by atoms with van der Waals surface area (Å²) in [5.41, 5.74) is 7.16. The minimum absolute atomic E-state index is 0.346. The van der Waals surface area contributed by atoms with Crippen LogP contribution in [0.25, 0.3) is 0 Å². The van der Waals surface area contributed by atoms with Crippen LogP contribution in [0.1, 0.15) is 18.5 Å². The molecule has 4 heteroatoms. The second-order valence-corrected chi connectivity index (χ2v) is 4.06. The van der Waals surface area contributed by atoms with Gasteiger partial charge in [0, 0.05) is 6.54 Å². The number of nitrogens with one attached hydrogen (secondary N) is 1. The summed E-state index contributed by atoms with van der Waals surface area (Å²) in [5, 5.41) is 3.33. The lowest BCUT2D eigenvalue weighted by Gasteiger charge is -2.04. The maximum Gasteiger partial charge on any atom is 0.122 e. The molecule has 0 aromatic carbocycles. The van der Waals surface area contributed by atoms with Gasteiger partial charge >= 0.3 is 0 Å². The molecule has 3 N–H and O–H groups in total. The first-order valence-corrected chi connectivity index (χ1v) is 5.16. The molecule has 0 amide bonds. The Balaban J connectivity index is 1.94. The third-order valence-electron chi connectivity index (χ3n) is 2.31. The molecule has 1 aliphatic carbocycles. The number of hydrogen-bond donors (Lipinski definition) is 2. The predicted molar refractivity (Wildman–Crippen MR) is 61.3 cm³/mol. The molecule has 1 aromatic rings. The molecule has 1 aliphatic rings. The zero-order valence-electron chi connectivity index (χ0n) is 7.86. The molecular weight excluding hydrogens is 194 g/mol. The summed E-state index contributed by atoms with van der Waals surface area (Å²) in [6.45, 7) is 1.05. The highest BCUT2D eigenvalue weighted by Gasteiger charge is 2.20. The average Bonchev–Trinajstić information content (AvgIpc) is 2.99. The molecule has 0 bridgehead atoms. The monoisotopic (exact) mass is 207 g/mol. The van der Waals surface area contributed by atoms with E-state index in [4.69, 9.17) is 18.0 Å². The first kappa shape index (κ1) is 9.40. The van der Waals surface area contributed by atoms with Crippen molar-refractivity contribution in [2.45, 2.75) is 12.8 Å². The zero-order valence-corrected chi connectivity index (χ0v) is 8.68. The second-order valence-electron chi connectivity index (χ2n) is 3.62. The van der Waals surface area contributed by atoms with E-state index in [1.807, 2.05) is 12.1 Å². The molecule has 1 heterocycles. The standard InChI is InChI=1S/C10H13N3S/c11-10(14)9-4-3-8(6-13-9)12-5-7-1-2-7/h3-4,6-7,12H,1-2,5H2,(H2,11,14). The topological polar surface area (TPSA) is 50.9 Å². The van der Waals surface area contributed by atoms with Gasteiger partial charge in [0.15, 0.2) is 0 Å². The van der Waals surface area contributed by atoms with E-state index in [9.17, 15) is 0 Å². The minimum Gasteiger partial charge on any atom is -0.388 e. The van der Waals surface area contributed by atoms with Crippen molar-refractivity contribution in [3.8, 4) is 0 Å². The number of aromatic nitrogens is 1. The van der Waals surface area contributed by atoms with E-state index in [0.717, 1.165) is 18.2 Å². The molecular formula is C10H13N3S. The first-order chi connectivity index (χ1) is 6.75. The van der Waals surface area contributed by atoms with Gasteiger partial charge in [-0.05, 0) is 30.9 Å². The van der Waals surface area contributed by atoms with Gasteiger partial charge in [-0.25, -0.2) is 0 Å². The highest BCUT2D eigenvalue weighted by atomic mass is 32.1. The Hall–Kier alpha value is -1.16. The molecule has 0 atom stereocenters. The van der Waals surface area contributed by atoms with Gasteiger partial charge in [0.1, 0.15) is 4.99 Å². The number of pyridine rings is 1. The van der Waals surface area contributed by atoms with Crippen molar-refractivity contribution in [3.05, 3.63) is 24.0 Å². The van der Waals surface area contributed by atoms with Crippen LogP contribution in [-0.4, -0.2) is 16.5 Å². The van der Waals surface area contributed by atoms with Gasteiger partial charge in [0.05, 0.1) is 17.6 Å². The van der Waals surface area contributed by atoms with Crippen molar-refractivity contribution in [1.29, 1.82) is 0 Å². The molecule has 0 aliphatic heterocycles. The summed E-state index contributed by atoms with van der Waals surface area (Å²) in [4.78, 5) is 4.49. The van der Waals surface area contributed by atoms with Crippen LogP contribution in [0.5, 0.6) is 0 Å². The summed E-state index contributed by atoms with van der Waals surface area (Å²) in [7, 11) is 0. The van der Waals surface area contributed by atoms with E-state index in [1.165, 1.54) is 12.8 Å². The number of thiocarbonyl (C=S) groups is 1. The third-order valence-corrected chi connectivity index (χ3v) is 2.52. The molecule has 3 nitrogen and oxygen atoms in total. The summed E-state index contributed by atoms with van der Waals surface area (Å²) in [6.07, 6.45) is 4.48. The summed E-state index contributed by atoms with van der Waals surface area (Å²) >= 11 is 4.82. The van der Waals surface area contributed by atoms with E-state index < -0.39 is 0 Å². The Bertz CT molecular complexity index is 330. The summed E-state index contributed by atoms with van der Waals surface area (Å²) < 4.78 is 0. The highest BCUT2D eigenvalue weighted by Crippen LogP contribution is 2.28. The number of nitrogens with two attached hydrogens (primary N) is 1. The maximum atomic E-state index is 5.44. The van der Waals surface area contributed by atoms with Crippen LogP contribution in [0.15, 0.2) is 18.3 Å². The van der Waals surface area contributed by atoms with Crippen molar-refractivity contribution in [2.75, 3.05) is 11.9 Å². The van der Waals surface area contributed by atoms with Gasteiger partial charge in [0.25, 0.3) is 0 Å². The Kier molecular flexibility index (Phi) is 2.63. The van der Waals surface area contributed by atoms with Gasteiger partial charge in [0.2, 0.25) is 0 Å². The molecule has 0 radical (unpaired) electrons. The quantitative estimate of drug-likeness (QED) is 0.735. The Morgan fingerprint density at radius 3 is 2.86 bits per heavy atom. The number of nitrogens with zero attached hydrogens (tertiary/aromatic N) is 1. The third kappa shape index (κ3) is 2.42. The lowest BCUT2D eigenvalue weighted by atomic mass is 10.3. The molecule has 1 fully saturated rings. The van der Waals surface area contributed by atoms with Crippen LogP contribution in [0.3, 0.4) is 0 Å². The summed E-state index contributed by atoms with van der Waals surface area (Å²) in [6, 6.07) is 3.81. The van der Waals surface area contributed by atoms with Crippen molar-refractivity contribution >= 4 is 22.9 Å². The number of anilines is 1. The molecule has 0 saturated heterocycles. The predicted octanol–water partition coefficient (Wildman–Crippen LogP) is 1.54. The van der Waals surface area contributed by atoms with Crippen molar-refractivity contribution in [3.63, 3.8) is 0 Å². The molecule has 0 unspecified atom stereocenters. The van der Waals surface area contributed by atoms with Crippen molar-refractivity contribution in [1.82, 2.24) is 4.98 Å². The van der Waals surface area contributed by atoms with Gasteiger partial charge in [-0.15, -0.1) is 0 Å². The smallest absolute Gasteiger partial charge is 0.122 e. The van der Waals surface area contributed by atoms with Crippen LogP contribution >= 0.6 is 12.2 Å². The maximum absolute atomic E-state index is 5.44. The van der Waals surface area contributed by atoms with E-state index in [0.29, 0.717) is 10.7 Å². The van der Waals surface area contributed by atoms with Crippen molar-refractivity contribution < 1.29 is 0 Å². The Labute approximate surface area is 88.7 Å². The molecule has 0 spiro atoms. The molecule has 2 rings (SSSR count). The van der Waals surface area contributed by atoms with E-state index in [2.05, 4.69) is 10.3 Å². The number of rotatable bonds is 4. The zero-order chi connectivity index (χ0) is 9.97. The first-order valence-electron chi connectivity index (χ1n) is 4.75. The lowest BCUT2D eigenvalue weighted by molar-refractivity contribution is 0.888. The van der Waals surface area contributed by atoms with Crippen LogP contribution < -0.4 is 11.1 Å². The van der Waals surface area contributed by atoms with E-state index in [1.54, 1.807) is 6.20 Å². The fraction of sp³-hybridized carbons (Fsp3) is 0.400. The molecule has 74 valence electrons. The van der Waals surface area contributed by atoms with Gasteiger partial charge < -0.3 is 11.1 Å². The van der Waals surface area contributed by atoms with Crippen LogP contribution in [0.2, 0.25) is 0 Å². The van der Waals surface area contributed by atoms with Crippen LogP contribution in [0.4, 0.5) is 5.69 Å². The molecule has 1 aromatic heterocycles. The minimum atomic E-state index is 0.346. The normalized spacial score (nSPS) is 15.1. The highest BCUT2D eigenvalue weighted by molar-refractivity contribution is 7.80. The van der Waals surface area contributed by atoms with Gasteiger partial charge in [-0.1, -0.05) is 12.2 Å². The summed E-state index contributed by atoms with van der Waals surface area (Å²) in [5.74, 6) is 0.866. The molecule has 1 saturated carbocycles. The van der Waals surface area contributed by atoms with Gasteiger partial charge in [-0.3, -0.25) is 4.98 Å². The van der Waals surface area contributed by atoms with Gasteiger partial charge in [-0.2, -0.15) is 0 Å². The largest absolute Gasteiger partial charge is 0.388 e. The molecule has 14 heavy (non-hydrogen) atoms. The second kappa shape index (κ2) is 3.92. The van der Waals surface area contributed by atoms with Crippen LogP contribution in [0, 0.1) is 5.92 Å². The van der Waals surface area contributed by atoms with Crippen molar-refractivity contribution in [2.24, 2.45) is 11.7 Å². The fourth-order valence-electron chi connectivity index (χ4n) is 1.23. The number of hydrogen-bond acceptors (Lipinski definition) is 3. The lowest BCUT2D eigenvalue weighted by Crippen LogP contribution is -2.11. The van der Waals surface area contributed by atoms with E-state index in [-0.39, 0.29) is 0 Å². The Morgan fingerprint density at radius 2 is 2.36 bits per heavy atom. The SMILES string of the molecule is NC(=S)c1ccc(NCC2CC2)cn1. The Morgan fingerprint density at radius 1 is 1.57 bits per heavy atom. The average molecular weight is 207 g/mol. The van der Waals surface area contributed by atoms with Crippen LogP contribution in [-0.2, 0) is 0 Å². The fourth-order valence-corrected chi connectivity index (χ4v) is 1.35. The van der Waals surface area contributed by atoms with E-state index >= 15 is 0 Å².